The van der Waals surface area contributed by atoms with Gasteiger partial charge in [-0.05, 0) is 24.3 Å². The molecule has 0 unspecified atom stereocenters. The third-order valence-corrected chi connectivity index (χ3v) is 0.795. The molecule has 0 aromatic carbocycles. The summed E-state index contributed by atoms with van der Waals surface area (Å²) < 4.78 is 4.59. The van der Waals surface area contributed by atoms with Gasteiger partial charge in [-0.15, -0.1) is 0 Å². The number of nitrogens with one attached hydrogen (secondary N) is 1. The Bertz CT molecular complexity index is 87.8. The first-order valence-electron chi connectivity index (χ1n) is 3.21. The van der Waals surface area contributed by atoms with Crippen LogP contribution in [-0.2, 0) is 4.74 Å². The summed E-state index contributed by atoms with van der Waals surface area (Å²) in [4.78, 5) is 10.5. The molecule has 0 fully saturated rings. The van der Waals surface area contributed by atoms with Crippen molar-refractivity contribution in [1.29, 1.82) is 0 Å². The number of hydrogen-bond donors (Lipinski definition) is 1. The van der Waals surface area contributed by atoms with Crippen molar-refractivity contribution < 1.29 is 9.53 Å². The van der Waals surface area contributed by atoms with E-state index < -0.39 is 0 Å². The molecule has 0 heterocycles. The molecule has 0 aliphatic heterocycles. The van der Waals surface area contributed by atoms with Gasteiger partial charge in [0.15, 0.2) is 0 Å². The van der Waals surface area contributed by atoms with Crippen LogP contribution in [0.15, 0.2) is 0 Å². The van der Waals surface area contributed by atoms with Gasteiger partial charge in [0.25, 0.3) is 0 Å². The first-order chi connectivity index (χ1) is 4.31. The fraction of sp³-hybridized carbons (Fsp3) is 0.833. The highest BCUT2D eigenvalue weighted by Gasteiger charge is 1.94. The number of amides is 1. The highest BCUT2D eigenvalue weighted by molar-refractivity contribution is 5.75. The summed E-state index contributed by atoms with van der Waals surface area (Å²) in [6.07, 6.45) is 0.623. The zero-order valence-corrected chi connectivity index (χ0v) is 5.94. The van der Waals surface area contributed by atoms with Crippen molar-refractivity contribution in [2.24, 2.45) is 0 Å². The van der Waals surface area contributed by atoms with Crippen LogP contribution in [0.3, 0.4) is 0 Å². The number of carbonyl (C=O) groups excluding carboxylic acids is 1. The summed E-state index contributed by atoms with van der Waals surface area (Å²) in [5.74, 6) is 0. The van der Waals surface area contributed by atoms with Gasteiger partial charge >= 0.3 is 6.09 Å². The van der Waals surface area contributed by atoms with E-state index in [0.717, 1.165) is 6.42 Å². The smallest absolute Gasteiger partial charge is 0.407 e. The Morgan fingerprint density at radius 1 is 1.50 bits per heavy atom. The SMILES string of the molecule is CCCNC(=O)OCC.[SiH4]. The normalized spacial score (nSPS) is 7.80. The number of alkyl carbamates (subject to hydrolysis) is 1. The molecule has 0 aromatic heterocycles. The van der Waals surface area contributed by atoms with Crippen molar-refractivity contribution in [3.63, 3.8) is 0 Å². The summed E-state index contributed by atoms with van der Waals surface area (Å²) in [6.45, 7) is 4.91. The molecule has 0 spiro atoms. The fourth-order valence-corrected chi connectivity index (χ4v) is 0.409. The molecule has 0 saturated heterocycles. The molecular weight excluding hydrogens is 146 g/mol. The van der Waals surface area contributed by atoms with Gasteiger partial charge in [0.2, 0.25) is 0 Å². The fourth-order valence-electron chi connectivity index (χ4n) is 0.409. The molecule has 0 atom stereocenters. The summed E-state index contributed by atoms with van der Waals surface area (Å²) in [6, 6.07) is 0. The van der Waals surface area contributed by atoms with Gasteiger partial charge in [0, 0.05) is 6.54 Å². The molecule has 0 saturated carbocycles. The van der Waals surface area contributed by atoms with E-state index >= 15 is 0 Å². The molecular formula is C6H17NO2Si. The van der Waals surface area contributed by atoms with Crippen LogP contribution in [0.4, 0.5) is 4.79 Å². The summed E-state index contributed by atoms with van der Waals surface area (Å²) in [5.41, 5.74) is 0. The van der Waals surface area contributed by atoms with E-state index in [-0.39, 0.29) is 17.1 Å². The summed E-state index contributed by atoms with van der Waals surface area (Å²) >= 11 is 0. The Kier molecular flexibility index (Phi) is 10.3. The van der Waals surface area contributed by atoms with Gasteiger partial charge in [-0.2, -0.15) is 0 Å². The molecule has 10 heavy (non-hydrogen) atoms. The third-order valence-electron chi connectivity index (χ3n) is 0.795. The highest BCUT2D eigenvalue weighted by Crippen LogP contribution is 1.76. The first-order valence-corrected chi connectivity index (χ1v) is 3.21. The van der Waals surface area contributed by atoms with Gasteiger partial charge in [0.1, 0.15) is 0 Å². The minimum absolute atomic E-state index is 0. The van der Waals surface area contributed by atoms with E-state index in [1.807, 2.05) is 6.92 Å². The van der Waals surface area contributed by atoms with Crippen LogP contribution in [0.5, 0.6) is 0 Å². The lowest BCUT2D eigenvalue weighted by molar-refractivity contribution is 0.152. The summed E-state index contributed by atoms with van der Waals surface area (Å²) in [7, 11) is 0. The van der Waals surface area contributed by atoms with Crippen molar-refractivity contribution in [3.05, 3.63) is 0 Å². The standard InChI is InChI=1S/C6H13NO2.H4Si/c1-3-5-7-6(8)9-4-2;/h3-5H2,1-2H3,(H,7,8);1H4. The van der Waals surface area contributed by atoms with E-state index in [1.165, 1.54) is 0 Å². The van der Waals surface area contributed by atoms with Crippen molar-refractivity contribution in [2.45, 2.75) is 20.3 Å². The predicted molar refractivity (Wildman–Crippen MR) is 46.6 cm³/mol. The molecule has 3 nitrogen and oxygen atoms in total. The van der Waals surface area contributed by atoms with E-state index in [4.69, 9.17) is 0 Å². The van der Waals surface area contributed by atoms with Gasteiger partial charge in [-0.25, -0.2) is 4.79 Å². The zero-order chi connectivity index (χ0) is 7.11. The average Bonchev–Trinajstić information content (AvgIpc) is 1.85. The van der Waals surface area contributed by atoms with Crippen LogP contribution >= 0.6 is 0 Å². The van der Waals surface area contributed by atoms with Crippen LogP contribution in [0, 0.1) is 0 Å². The molecule has 1 amide bonds. The quantitative estimate of drug-likeness (QED) is 0.580. The molecule has 62 valence electrons. The minimum atomic E-state index is -0.320. The highest BCUT2D eigenvalue weighted by atomic mass is 28.1. The number of hydrogen-bond acceptors (Lipinski definition) is 2. The predicted octanol–water partition coefficient (Wildman–Crippen LogP) is -0.309. The van der Waals surface area contributed by atoms with Crippen molar-refractivity contribution >= 4 is 17.1 Å². The maximum atomic E-state index is 10.5. The lowest BCUT2D eigenvalue weighted by Gasteiger charge is -2.01. The molecule has 0 bridgehead atoms. The van der Waals surface area contributed by atoms with Crippen molar-refractivity contribution in [1.82, 2.24) is 5.32 Å². The Morgan fingerprint density at radius 3 is 2.50 bits per heavy atom. The Morgan fingerprint density at radius 2 is 2.10 bits per heavy atom. The van der Waals surface area contributed by atoms with Crippen molar-refractivity contribution in [3.8, 4) is 0 Å². The maximum Gasteiger partial charge on any atom is 0.407 e. The maximum absolute atomic E-state index is 10.5. The van der Waals surface area contributed by atoms with Gasteiger partial charge in [-0.3, -0.25) is 0 Å². The van der Waals surface area contributed by atoms with Gasteiger partial charge in [0.05, 0.1) is 6.61 Å². The first kappa shape index (κ1) is 12.2. The largest absolute Gasteiger partial charge is 0.450 e. The van der Waals surface area contributed by atoms with E-state index in [0.29, 0.717) is 13.2 Å². The topological polar surface area (TPSA) is 38.3 Å². The number of ether oxygens (including phenoxy) is 1. The number of carbonyl (C=O) groups is 1. The second-order valence-electron chi connectivity index (χ2n) is 1.65. The Labute approximate surface area is 66.2 Å². The van der Waals surface area contributed by atoms with E-state index in [1.54, 1.807) is 6.92 Å². The second kappa shape index (κ2) is 8.49. The van der Waals surface area contributed by atoms with Crippen LogP contribution in [-0.4, -0.2) is 30.2 Å². The van der Waals surface area contributed by atoms with Crippen LogP contribution in [0.2, 0.25) is 0 Å². The zero-order valence-electron chi connectivity index (χ0n) is 5.94. The second-order valence-corrected chi connectivity index (χ2v) is 1.65. The number of rotatable bonds is 3. The average molecular weight is 163 g/mol. The van der Waals surface area contributed by atoms with E-state index in [9.17, 15) is 4.79 Å². The van der Waals surface area contributed by atoms with Crippen LogP contribution in [0.25, 0.3) is 0 Å². The third kappa shape index (κ3) is 7.49. The van der Waals surface area contributed by atoms with Crippen LogP contribution in [0.1, 0.15) is 20.3 Å². The molecule has 0 aliphatic rings. The molecule has 0 aromatic rings. The lowest BCUT2D eigenvalue weighted by Crippen LogP contribution is -2.24. The lowest BCUT2D eigenvalue weighted by atomic mass is 10.5. The molecule has 0 radical (unpaired) electrons. The van der Waals surface area contributed by atoms with Crippen LogP contribution < -0.4 is 5.32 Å². The molecule has 0 aliphatic carbocycles. The summed E-state index contributed by atoms with van der Waals surface area (Å²) in [5, 5.41) is 2.57. The van der Waals surface area contributed by atoms with E-state index in [2.05, 4.69) is 10.1 Å². The van der Waals surface area contributed by atoms with Gasteiger partial charge < -0.3 is 10.1 Å². The Balaban J connectivity index is 0. The molecule has 1 N–H and O–H groups in total. The molecule has 0 rings (SSSR count). The van der Waals surface area contributed by atoms with Gasteiger partial charge in [-0.1, -0.05) is 6.92 Å². The monoisotopic (exact) mass is 163 g/mol. The minimum Gasteiger partial charge on any atom is -0.450 e. The van der Waals surface area contributed by atoms with Crippen molar-refractivity contribution in [2.75, 3.05) is 13.2 Å². The molecule has 4 heteroatoms. The Hall–Kier alpha value is -0.513.